The minimum Gasteiger partial charge on any atom is -0.457 e. The van der Waals surface area contributed by atoms with Gasteiger partial charge in [0.1, 0.15) is 5.60 Å². The van der Waals surface area contributed by atoms with Crippen LogP contribution in [0.1, 0.15) is 103 Å². The Labute approximate surface area is 240 Å². The molecule has 0 bridgehead atoms. The van der Waals surface area contributed by atoms with Gasteiger partial charge in [-0.15, -0.1) is 0 Å². The molecule has 3 atom stereocenters. The molecule has 0 radical (unpaired) electrons. The van der Waals surface area contributed by atoms with Gasteiger partial charge in [-0.3, -0.25) is 0 Å². The third-order valence-electron chi connectivity index (χ3n) is 9.20. The van der Waals surface area contributed by atoms with Gasteiger partial charge in [0.2, 0.25) is 0 Å². The predicted molar refractivity (Wildman–Crippen MR) is 169 cm³/mol. The van der Waals surface area contributed by atoms with Crippen molar-refractivity contribution in [2.75, 3.05) is 6.54 Å². The quantitative estimate of drug-likeness (QED) is 0.324. The second-order valence-electron chi connectivity index (χ2n) is 13.0. The van der Waals surface area contributed by atoms with Gasteiger partial charge in [0.05, 0.1) is 5.16 Å². The van der Waals surface area contributed by atoms with Crippen molar-refractivity contribution in [2.24, 2.45) is 0 Å². The first-order valence-corrected chi connectivity index (χ1v) is 18.0. The van der Waals surface area contributed by atoms with Crippen LogP contribution in [0.4, 0.5) is 4.79 Å². The highest BCUT2D eigenvalue weighted by Gasteiger charge is 2.50. The molecule has 2 saturated carbocycles. The van der Waals surface area contributed by atoms with Gasteiger partial charge in [-0.05, 0) is 81.0 Å². The maximum absolute atomic E-state index is 13.7. The average molecular weight is 566 g/mol. The van der Waals surface area contributed by atoms with E-state index in [0.717, 1.165) is 29.9 Å². The zero-order valence-electron chi connectivity index (χ0n) is 24.3. The number of carbonyl (C=O) groups excluding carboxylic acids is 1. The Morgan fingerprint density at radius 3 is 1.72 bits per heavy atom. The summed E-state index contributed by atoms with van der Waals surface area (Å²) in [6, 6.07) is 21.9. The van der Waals surface area contributed by atoms with Gasteiger partial charge in [-0.1, -0.05) is 107 Å². The number of benzene rings is 2. The number of nitrogens with one attached hydrogen (secondary N) is 1. The molecule has 2 aromatic carbocycles. The molecule has 3 nitrogen and oxygen atoms in total. The molecule has 3 fully saturated rings. The second-order valence-corrected chi connectivity index (χ2v) is 17.6. The van der Waals surface area contributed by atoms with Crippen molar-refractivity contribution >= 4 is 22.2 Å². The predicted octanol–water partition coefficient (Wildman–Crippen LogP) is 9.42. The fourth-order valence-electron chi connectivity index (χ4n) is 7.59. The molecule has 2 aromatic rings. The van der Waals surface area contributed by atoms with E-state index in [2.05, 4.69) is 66.0 Å². The molecule has 1 N–H and O–H groups in total. The van der Waals surface area contributed by atoms with Crippen LogP contribution in [-0.4, -0.2) is 40.9 Å². The fraction of sp³-hybridized carbons (Fsp3) is 0.618. The lowest BCUT2D eigenvalue weighted by atomic mass is 9.83. The highest BCUT2D eigenvalue weighted by atomic mass is 31.1. The molecule has 212 valence electrons. The van der Waals surface area contributed by atoms with Crippen LogP contribution in [0, 0.1) is 0 Å². The molecule has 2 aliphatic carbocycles. The van der Waals surface area contributed by atoms with E-state index in [4.69, 9.17) is 4.74 Å². The molecule has 0 spiro atoms. The highest BCUT2D eigenvalue weighted by molar-refractivity contribution is 7.60. The lowest BCUT2D eigenvalue weighted by molar-refractivity contribution is 0.0728. The molecule has 1 aliphatic heterocycles. The SMILES string of the molecule is CC(C)(C)OC(=O)PC(c1ccccc1)(c1ccccc1)C1CC(P(C2CCCCC2)C2CCCCC2)CN1. The number of ether oxygens (including phenoxy) is 1. The summed E-state index contributed by atoms with van der Waals surface area (Å²) >= 11 is 0. The van der Waals surface area contributed by atoms with Crippen molar-refractivity contribution in [3.8, 4) is 0 Å². The van der Waals surface area contributed by atoms with Gasteiger partial charge in [0.25, 0.3) is 0 Å². The monoisotopic (exact) mass is 565 g/mol. The molecule has 1 heterocycles. The molecular formula is C34H49NO2P2. The Morgan fingerprint density at radius 2 is 1.26 bits per heavy atom. The Hall–Kier alpha value is -1.27. The number of hydrogen-bond acceptors (Lipinski definition) is 3. The van der Waals surface area contributed by atoms with Crippen LogP contribution >= 0.6 is 16.5 Å². The van der Waals surface area contributed by atoms with Gasteiger partial charge in [-0.2, -0.15) is 0 Å². The van der Waals surface area contributed by atoms with Gasteiger partial charge < -0.3 is 10.1 Å². The Kier molecular flexibility index (Phi) is 9.85. The van der Waals surface area contributed by atoms with Crippen molar-refractivity contribution in [1.29, 1.82) is 0 Å². The first-order chi connectivity index (χ1) is 18.9. The number of hydrogen-bond donors (Lipinski definition) is 1. The van der Waals surface area contributed by atoms with Gasteiger partial charge in [-0.25, -0.2) is 4.79 Å². The summed E-state index contributed by atoms with van der Waals surface area (Å²) in [6.45, 7) is 7.04. The molecule has 39 heavy (non-hydrogen) atoms. The Morgan fingerprint density at radius 1 is 0.769 bits per heavy atom. The third kappa shape index (κ3) is 6.97. The van der Waals surface area contributed by atoms with Crippen LogP contribution in [0.25, 0.3) is 0 Å². The zero-order valence-corrected chi connectivity index (χ0v) is 26.2. The molecule has 5 rings (SSSR count). The maximum Gasteiger partial charge on any atom is 0.324 e. The summed E-state index contributed by atoms with van der Waals surface area (Å²) in [4.78, 5) is 13.7. The van der Waals surface area contributed by atoms with Gasteiger partial charge >= 0.3 is 5.71 Å². The molecule has 0 amide bonds. The normalized spacial score (nSPS) is 24.0. The number of carbonyl (C=O) groups is 1. The van der Waals surface area contributed by atoms with E-state index < -0.39 is 10.8 Å². The molecule has 0 aromatic heterocycles. The van der Waals surface area contributed by atoms with Crippen molar-refractivity contribution in [3.63, 3.8) is 0 Å². The molecule has 3 unspecified atom stereocenters. The summed E-state index contributed by atoms with van der Waals surface area (Å²) in [6.07, 6.45) is 15.5. The first-order valence-electron chi connectivity index (χ1n) is 15.5. The third-order valence-corrected chi connectivity index (χ3v) is 14.8. The van der Waals surface area contributed by atoms with E-state index in [1.165, 1.54) is 75.3 Å². The fourth-order valence-corrected chi connectivity index (χ4v) is 13.8. The molecule has 3 aliphatic rings. The average Bonchev–Trinajstić information content (AvgIpc) is 3.43. The molecule has 5 heteroatoms. The van der Waals surface area contributed by atoms with E-state index in [1.807, 2.05) is 20.8 Å². The van der Waals surface area contributed by atoms with E-state index in [0.29, 0.717) is 0 Å². The van der Waals surface area contributed by atoms with Gasteiger partial charge in [0.15, 0.2) is 0 Å². The van der Waals surface area contributed by atoms with Crippen molar-refractivity contribution in [2.45, 2.75) is 125 Å². The largest absolute Gasteiger partial charge is 0.457 e. The zero-order chi connectivity index (χ0) is 27.3. The maximum atomic E-state index is 13.7. The van der Waals surface area contributed by atoms with Crippen molar-refractivity contribution < 1.29 is 9.53 Å². The topological polar surface area (TPSA) is 38.3 Å². The lowest BCUT2D eigenvalue weighted by Gasteiger charge is -2.43. The van der Waals surface area contributed by atoms with Crippen LogP contribution in [-0.2, 0) is 9.89 Å². The Balaban J connectivity index is 1.51. The minimum atomic E-state index is -0.495. The minimum absolute atomic E-state index is 0.00918. The van der Waals surface area contributed by atoms with Crippen LogP contribution in [0.5, 0.6) is 0 Å². The summed E-state index contributed by atoms with van der Waals surface area (Å²) < 4.78 is 6.01. The van der Waals surface area contributed by atoms with Crippen LogP contribution in [0.15, 0.2) is 60.7 Å². The van der Waals surface area contributed by atoms with Crippen molar-refractivity contribution in [3.05, 3.63) is 71.8 Å². The Bertz CT molecular complexity index is 984. The van der Waals surface area contributed by atoms with E-state index >= 15 is 0 Å². The highest BCUT2D eigenvalue weighted by Crippen LogP contribution is 2.62. The first kappa shape index (κ1) is 29.2. The standard InChI is InChI=1S/C34H49NO2P2/c1-33(2,3)37-32(36)38-34(26-16-8-4-9-17-26,27-18-10-5-11-19-27)31-24-30(25-35-31)39(28-20-12-6-13-21-28)29-22-14-7-15-23-29/h4-5,8-11,16-19,28-31,35,38H,6-7,12-15,20-25H2,1-3H3. The van der Waals surface area contributed by atoms with Crippen LogP contribution < -0.4 is 5.32 Å². The van der Waals surface area contributed by atoms with E-state index in [9.17, 15) is 4.79 Å². The summed E-state index contributed by atoms with van der Waals surface area (Å²) in [5, 5.41) is 3.66. The van der Waals surface area contributed by atoms with E-state index in [-0.39, 0.29) is 28.3 Å². The molecular weight excluding hydrogens is 516 g/mol. The summed E-state index contributed by atoms with van der Waals surface area (Å²) in [7, 11) is -0.0186. The van der Waals surface area contributed by atoms with Crippen LogP contribution in [0.2, 0.25) is 0 Å². The van der Waals surface area contributed by atoms with Crippen molar-refractivity contribution in [1.82, 2.24) is 5.32 Å². The summed E-state index contributed by atoms with van der Waals surface area (Å²) in [5.74, 6) is 0. The van der Waals surface area contributed by atoms with Gasteiger partial charge in [0, 0.05) is 21.2 Å². The van der Waals surface area contributed by atoms with E-state index in [1.54, 1.807) is 0 Å². The summed E-state index contributed by atoms with van der Waals surface area (Å²) in [5.41, 5.74) is 4.52. The molecule has 1 saturated heterocycles. The smallest absolute Gasteiger partial charge is 0.324 e. The second kappa shape index (κ2) is 13.1. The lowest BCUT2D eigenvalue weighted by Crippen LogP contribution is -2.44. The number of rotatable bonds is 8. The van der Waals surface area contributed by atoms with Crippen LogP contribution in [0.3, 0.4) is 0 Å².